The maximum atomic E-state index is 12.0. The summed E-state index contributed by atoms with van der Waals surface area (Å²) in [5, 5.41) is 13.3. The molecule has 0 saturated heterocycles. The molecule has 8 nitrogen and oxygen atoms in total. The molecule has 0 spiro atoms. The van der Waals surface area contributed by atoms with Crippen molar-refractivity contribution in [1.82, 2.24) is 5.32 Å². The van der Waals surface area contributed by atoms with E-state index in [2.05, 4.69) is 5.32 Å². The van der Waals surface area contributed by atoms with Gasteiger partial charge in [-0.3, -0.25) is 14.9 Å². The Morgan fingerprint density at radius 2 is 1.79 bits per heavy atom. The molecule has 0 aliphatic heterocycles. The number of hydrogen-bond donors (Lipinski definition) is 1. The van der Waals surface area contributed by atoms with Crippen molar-refractivity contribution in [3.8, 4) is 5.75 Å². The predicted molar refractivity (Wildman–Crippen MR) is 103 cm³/mol. The van der Waals surface area contributed by atoms with Crippen LogP contribution in [0.15, 0.2) is 54.6 Å². The maximum Gasteiger partial charge on any atom is 0.331 e. The first-order chi connectivity index (χ1) is 13.4. The molecule has 28 heavy (non-hydrogen) atoms. The van der Waals surface area contributed by atoms with Crippen molar-refractivity contribution >= 4 is 23.6 Å². The summed E-state index contributed by atoms with van der Waals surface area (Å²) in [6.07, 6.45) is 1.65. The molecule has 1 amide bonds. The lowest BCUT2D eigenvalue weighted by Gasteiger charge is -2.12. The highest BCUT2D eigenvalue weighted by Gasteiger charge is 2.16. The third kappa shape index (κ3) is 6.24. The minimum Gasteiger partial charge on any atom is -0.497 e. The van der Waals surface area contributed by atoms with Crippen molar-refractivity contribution in [2.24, 2.45) is 0 Å². The molecular formula is C20H20N2O6. The van der Waals surface area contributed by atoms with E-state index in [0.29, 0.717) is 12.1 Å². The quantitative estimate of drug-likeness (QED) is 0.324. The minimum atomic E-state index is -0.966. The maximum absolute atomic E-state index is 12.0. The molecule has 2 aromatic rings. The smallest absolute Gasteiger partial charge is 0.331 e. The van der Waals surface area contributed by atoms with Gasteiger partial charge in [0.15, 0.2) is 6.10 Å². The number of nitro benzene ring substituents is 1. The number of amides is 1. The molecule has 0 heterocycles. The summed E-state index contributed by atoms with van der Waals surface area (Å²) >= 11 is 0. The van der Waals surface area contributed by atoms with Crippen LogP contribution in [0, 0.1) is 10.1 Å². The first-order valence-corrected chi connectivity index (χ1v) is 8.43. The van der Waals surface area contributed by atoms with Crippen LogP contribution in [0.2, 0.25) is 0 Å². The summed E-state index contributed by atoms with van der Waals surface area (Å²) in [4.78, 5) is 34.0. The Balaban J connectivity index is 1.81. The fourth-order valence-electron chi connectivity index (χ4n) is 2.21. The average Bonchev–Trinajstić information content (AvgIpc) is 2.71. The number of nitro groups is 1. The van der Waals surface area contributed by atoms with E-state index >= 15 is 0 Å². The van der Waals surface area contributed by atoms with Crippen molar-refractivity contribution in [2.45, 2.75) is 19.6 Å². The van der Waals surface area contributed by atoms with Crippen molar-refractivity contribution in [1.29, 1.82) is 0 Å². The van der Waals surface area contributed by atoms with E-state index in [1.807, 2.05) is 12.1 Å². The highest BCUT2D eigenvalue weighted by Crippen LogP contribution is 2.13. The molecule has 8 heteroatoms. The second-order valence-electron chi connectivity index (χ2n) is 5.83. The first-order valence-electron chi connectivity index (χ1n) is 8.43. The summed E-state index contributed by atoms with van der Waals surface area (Å²) in [7, 11) is 1.57. The summed E-state index contributed by atoms with van der Waals surface area (Å²) in [6.45, 7) is 1.77. The third-order valence-electron chi connectivity index (χ3n) is 3.80. The number of methoxy groups -OCH3 is 1. The van der Waals surface area contributed by atoms with Gasteiger partial charge in [-0.1, -0.05) is 12.1 Å². The molecule has 2 aromatic carbocycles. The van der Waals surface area contributed by atoms with Gasteiger partial charge in [-0.2, -0.15) is 0 Å². The molecule has 0 fully saturated rings. The molecule has 0 aromatic heterocycles. The van der Waals surface area contributed by atoms with E-state index in [9.17, 15) is 19.7 Å². The number of nitrogens with zero attached hydrogens (tertiary/aromatic N) is 1. The van der Waals surface area contributed by atoms with Gasteiger partial charge in [0.25, 0.3) is 11.6 Å². The van der Waals surface area contributed by atoms with Crippen LogP contribution in [0.25, 0.3) is 6.08 Å². The number of esters is 1. The molecule has 146 valence electrons. The number of rotatable bonds is 8. The van der Waals surface area contributed by atoms with Gasteiger partial charge in [0, 0.05) is 24.8 Å². The summed E-state index contributed by atoms with van der Waals surface area (Å²) in [6, 6.07) is 12.9. The average molecular weight is 384 g/mol. The van der Waals surface area contributed by atoms with Gasteiger partial charge in [0.2, 0.25) is 0 Å². The van der Waals surface area contributed by atoms with E-state index in [-0.39, 0.29) is 5.69 Å². The first kappa shape index (κ1) is 20.6. The van der Waals surface area contributed by atoms with E-state index in [4.69, 9.17) is 9.47 Å². The largest absolute Gasteiger partial charge is 0.497 e. The van der Waals surface area contributed by atoms with Gasteiger partial charge in [-0.05, 0) is 48.4 Å². The number of benzene rings is 2. The van der Waals surface area contributed by atoms with Crippen molar-refractivity contribution in [3.05, 3.63) is 75.8 Å². The molecule has 0 aliphatic carbocycles. The van der Waals surface area contributed by atoms with Gasteiger partial charge in [-0.25, -0.2) is 4.79 Å². The Hall–Kier alpha value is -3.68. The third-order valence-corrected chi connectivity index (χ3v) is 3.80. The summed E-state index contributed by atoms with van der Waals surface area (Å²) < 4.78 is 10.1. The molecule has 0 bridgehead atoms. The molecule has 1 atom stereocenters. The van der Waals surface area contributed by atoms with E-state index in [1.54, 1.807) is 19.2 Å². The Labute approximate surface area is 161 Å². The van der Waals surface area contributed by atoms with Crippen LogP contribution >= 0.6 is 0 Å². The van der Waals surface area contributed by atoms with Crippen molar-refractivity contribution < 1.29 is 24.0 Å². The van der Waals surface area contributed by atoms with Crippen LogP contribution in [-0.2, 0) is 20.9 Å². The fourth-order valence-corrected chi connectivity index (χ4v) is 2.21. The lowest BCUT2D eigenvalue weighted by Crippen LogP contribution is -2.35. The highest BCUT2D eigenvalue weighted by molar-refractivity contribution is 5.90. The number of carbonyl (C=O) groups is 2. The molecule has 1 N–H and O–H groups in total. The highest BCUT2D eigenvalue weighted by atomic mass is 16.6. The fraction of sp³-hybridized carbons (Fsp3) is 0.200. The van der Waals surface area contributed by atoms with Gasteiger partial charge in [-0.15, -0.1) is 0 Å². The standard InChI is InChI=1S/C20H20N2O6/c1-14(20(24)21-13-16-5-10-18(27-2)11-6-16)28-19(23)12-7-15-3-8-17(9-4-15)22(25)26/h3-12,14H,13H2,1-2H3,(H,21,24)/b12-7+/t14-/m1/s1. The van der Waals surface area contributed by atoms with Crippen molar-refractivity contribution in [2.75, 3.05) is 7.11 Å². The van der Waals surface area contributed by atoms with Gasteiger partial charge < -0.3 is 14.8 Å². The lowest BCUT2D eigenvalue weighted by atomic mass is 10.2. The second-order valence-corrected chi connectivity index (χ2v) is 5.83. The Bertz CT molecular complexity index is 859. The lowest BCUT2D eigenvalue weighted by molar-refractivity contribution is -0.384. The summed E-state index contributed by atoms with van der Waals surface area (Å²) in [5.41, 5.74) is 1.44. The van der Waals surface area contributed by atoms with Crippen LogP contribution in [0.3, 0.4) is 0 Å². The number of ether oxygens (including phenoxy) is 2. The van der Waals surface area contributed by atoms with Crippen LogP contribution in [-0.4, -0.2) is 30.0 Å². The molecule has 0 radical (unpaired) electrons. The van der Waals surface area contributed by atoms with E-state index in [0.717, 1.165) is 17.4 Å². The number of carbonyl (C=O) groups excluding carboxylic acids is 2. The van der Waals surface area contributed by atoms with E-state index in [1.165, 1.54) is 37.3 Å². The zero-order valence-corrected chi connectivity index (χ0v) is 15.5. The van der Waals surface area contributed by atoms with Crippen LogP contribution in [0.4, 0.5) is 5.69 Å². The SMILES string of the molecule is COc1ccc(CNC(=O)[C@@H](C)OC(=O)/C=C/c2ccc([N+](=O)[O-])cc2)cc1. The van der Waals surface area contributed by atoms with Gasteiger partial charge in [0.1, 0.15) is 5.75 Å². The van der Waals surface area contributed by atoms with Crippen molar-refractivity contribution in [3.63, 3.8) is 0 Å². The zero-order valence-electron chi connectivity index (χ0n) is 15.5. The number of nitrogens with one attached hydrogen (secondary N) is 1. The molecular weight excluding hydrogens is 364 g/mol. The van der Waals surface area contributed by atoms with Gasteiger partial charge >= 0.3 is 5.97 Å². The second kappa shape index (κ2) is 9.86. The number of hydrogen-bond acceptors (Lipinski definition) is 6. The van der Waals surface area contributed by atoms with Crippen LogP contribution in [0.1, 0.15) is 18.1 Å². The molecule has 0 saturated carbocycles. The van der Waals surface area contributed by atoms with E-state index < -0.39 is 22.9 Å². The summed E-state index contributed by atoms with van der Waals surface area (Å²) in [5.74, 6) is -0.393. The Morgan fingerprint density at radius 3 is 2.36 bits per heavy atom. The zero-order chi connectivity index (χ0) is 20.5. The normalized spacial score (nSPS) is 11.6. The molecule has 0 aliphatic rings. The monoisotopic (exact) mass is 384 g/mol. The minimum absolute atomic E-state index is 0.0399. The molecule has 0 unspecified atom stereocenters. The Kier molecular flexibility index (Phi) is 7.27. The van der Waals surface area contributed by atoms with Crippen LogP contribution < -0.4 is 10.1 Å². The molecule has 2 rings (SSSR count). The predicted octanol–water partition coefficient (Wildman–Crippen LogP) is 2.86. The van der Waals surface area contributed by atoms with Crippen LogP contribution in [0.5, 0.6) is 5.75 Å². The number of non-ortho nitro benzene ring substituents is 1. The topological polar surface area (TPSA) is 108 Å². The Morgan fingerprint density at radius 1 is 1.14 bits per heavy atom. The van der Waals surface area contributed by atoms with Gasteiger partial charge in [0.05, 0.1) is 12.0 Å².